The molecule has 0 saturated heterocycles. The van der Waals surface area contributed by atoms with E-state index in [0.29, 0.717) is 11.1 Å². The summed E-state index contributed by atoms with van der Waals surface area (Å²) in [5.74, 6) is -1.21. The molecule has 0 aliphatic heterocycles. The Bertz CT molecular complexity index is 559. The van der Waals surface area contributed by atoms with E-state index in [0.717, 1.165) is 0 Å². The van der Waals surface area contributed by atoms with Gasteiger partial charge in [0.2, 0.25) is 0 Å². The summed E-state index contributed by atoms with van der Waals surface area (Å²) in [6.45, 7) is 4.00. The second kappa shape index (κ2) is 7.11. The normalized spacial score (nSPS) is 9.16. The van der Waals surface area contributed by atoms with E-state index in [9.17, 15) is 9.59 Å². The Morgan fingerprint density at radius 1 is 0.789 bits per heavy atom. The lowest BCUT2D eigenvalue weighted by Gasteiger charge is -2.02. The van der Waals surface area contributed by atoms with Crippen molar-refractivity contribution in [3.8, 4) is 0 Å². The summed E-state index contributed by atoms with van der Waals surface area (Å²) < 4.78 is 0. The van der Waals surface area contributed by atoms with Crippen LogP contribution in [0.25, 0.3) is 0 Å². The molecule has 0 spiro atoms. The predicted molar refractivity (Wildman–Crippen MR) is 74.6 cm³/mol. The number of ketones is 1. The smallest absolute Gasteiger partial charge is 0.335 e. The molecule has 2 rings (SSSR count). The van der Waals surface area contributed by atoms with Gasteiger partial charge in [0.05, 0.1) is 5.56 Å². The van der Waals surface area contributed by atoms with Crippen LogP contribution in [0.1, 0.15) is 40.1 Å². The lowest BCUT2D eigenvalue weighted by Crippen LogP contribution is -2.03. The first-order chi connectivity index (χ1) is 9.18. The van der Waals surface area contributed by atoms with Gasteiger partial charge < -0.3 is 5.11 Å². The highest BCUT2D eigenvalue weighted by molar-refractivity contribution is 6.09. The number of aromatic carboxylic acids is 1. The summed E-state index contributed by atoms with van der Waals surface area (Å²) in [5.41, 5.74) is 1.05. The average molecular weight is 256 g/mol. The van der Waals surface area contributed by atoms with Crippen LogP contribution in [0, 0.1) is 0 Å². The van der Waals surface area contributed by atoms with Gasteiger partial charge in [0.1, 0.15) is 0 Å². The van der Waals surface area contributed by atoms with E-state index in [4.69, 9.17) is 5.11 Å². The molecule has 0 bridgehead atoms. The van der Waals surface area contributed by atoms with E-state index >= 15 is 0 Å². The van der Waals surface area contributed by atoms with Crippen molar-refractivity contribution in [2.45, 2.75) is 13.8 Å². The first-order valence-corrected chi connectivity index (χ1v) is 6.11. The number of rotatable bonds is 3. The van der Waals surface area contributed by atoms with Crippen molar-refractivity contribution in [3.63, 3.8) is 0 Å². The lowest BCUT2D eigenvalue weighted by molar-refractivity contribution is 0.0697. The van der Waals surface area contributed by atoms with Crippen LogP contribution in [-0.2, 0) is 0 Å². The molecule has 3 heteroatoms. The van der Waals surface area contributed by atoms with E-state index < -0.39 is 5.97 Å². The van der Waals surface area contributed by atoms with Gasteiger partial charge in [-0.05, 0) is 12.1 Å². The van der Waals surface area contributed by atoms with E-state index in [-0.39, 0.29) is 11.3 Å². The van der Waals surface area contributed by atoms with E-state index in [1.807, 2.05) is 19.9 Å². The summed E-state index contributed by atoms with van der Waals surface area (Å²) in [4.78, 5) is 22.8. The fraction of sp³-hybridized carbons (Fsp3) is 0.125. The maximum Gasteiger partial charge on any atom is 0.335 e. The summed E-state index contributed by atoms with van der Waals surface area (Å²) in [6.07, 6.45) is 0. The van der Waals surface area contributed by atoms with Gasteiger partial charge in [-0.25, -0.2) is 4.79 Å². The fourth-order valence-corrected chi connectivity index (χ4v) is 1.55. The minimum Gasteiger partial charge on any atom is -0.478 e. The zero-order chi connectivity index (χ0) is 14.3. The molecule has 0 unspecified atom stereocenters. The molecule has 19 heavy (non-hydrogen) atoms. The van der Waals surface area contributed by atoms with Gasteiger partial charge in [0, 0.05) is 11.1 Å². The molecule has 0 amide bonds. The molecule has 0 aliphatic rings. The number of carboxylic acid groups (broad SMARTS) is 1. The highest BCUT2D eigenvalue weighted by Gasteiger charge is 2.10. The first-order valence-electron chi connectivity index (χ1n) is 6.11. The number of hydrogen-bond acceptors (Lipinski definition) is 2. The molecule has 0 heterocycles. The van der Waals surface area contributed by atoms with Crippen LogP contribution in [0.3, 0.4) is 0 Å². The molecule has 0 fully saturated rings. The van der Waals surface area contributed by atoms with Gasteiger partial charge in [-0.15, -0.1) is 0 Å². The van der Waals surface area contributed by atoms with Crippen LogP contribution in [0.5, 0.6) is 0 Å². The summed E-state index contributed by atoms with van der Waals surface area (Å²) in [7, 11) is 0. The number of hydrogen-bond donors (Lipinski definition) is 1. The van der Waals surface area contributed by atoms with Gasteiger partial charge >= 0.3 is 5.97 Å². The van der Waals surface area contributed by atoms with Gasteiger partial charge in [-0.1, -0.05) is 56.3 Å². The van der Waals surface area contributed by atoms with Crippen LogP contribution >= 0.6 is 0 Å². The van der Waals surface area contributed by atoms with Gasteiger partial charge in [0.25, 0.3) is 0 Å². The predicted octanol–water partition coefficient (Wildman–Crippen LogP) is 3.64. The van der Waals surface area contributed by atoms with Crippen molar-refractivity contribution in [2.75, 3.05) is 0 Å². The van der Waals surface area contributed by atoms with Crippen LogP contribution in [0.2, 0.25) is 0 Å². The third-order valence-corrected chi connectivity index (χ3v) is 2.41. The van der Waals surface area contributed by atoms with Crippen LogP contribution in [0.15, 0.2) is 54.6 Å². The Morgan fingerprint density at radius 2 is 1.32 bits per heavy atom. The van der Waals surface area contributed by atoms with Gasteiger partial charge in [0.15, 0.2) is 5.78 Å². The topological polar surface area (TPSA) is 54.4 Å². The molecule has 0 aliphatic carbocycles. The molecule has 3 nitrogen and oxygen atoms in total. The number of carbonyl (C=O) groups excluding carboxylic acids is 1. The molecule has 1 N–H and O–H groups in total. The molecular weight excluding hydrogens is 240 g/mol. The van der Waals surface area contributed by atoms with Crippen molar-refractivity contribution < 1.29 is 14.7 Å². The van der Waals surface area contributed by atoms with Crippen LogP contribution in [-0.4, -0.2) is 16.9 Å². The minimum atomic E-state index is -1.03. The number of carbonyl (C=O) groups is 2. The average Bonchev–Trinajstić information content (AvgIpc) is 2.49. The molecule has 98 valence electrons. The SMILES string of the molecule is CC.O=C(O)c1cccc(C(=O)c2ccccc2)c1. The van der Waals surface area contributed by atoms with Gasteiger partial charge in [-0.3, -0.25) is 4.79 Å². The lowest BCUT2D eigenvalue weighted by atomic mass is 10.0. The standard InChI is InChI=1S/C14H10O3.C2H6/c15-13(10-5-2-1-3-6-10)11-7-4-8-12(9-11)14(16)17;1-2/h1-9H,(H,16,17);1-2H3. The highest BCUT2D eigenvalue weighted by Crippen LogP contribution is 2.11. The van der Waals surface area contributed by atoms with Crippen molar-refractivity contribution in [2.24, 2.45) is 0 Å². The number of benzene rings is 2. The minimum absolute atomic E-state index is 0.117. The molecule has 2 aromatic rings. The second-order valence-electron chi connectivity index (χ2n) is 3.58. The van der Waals surface area contributed by atoms with E-state index in [2.05, 4.69) is 0 Å². The Hall–Kier alpha value is -2.42. The van der Waals surface area contributed by atoms with Gasteiger partial charge in [-0.2, -0.15) is 0 Å². The quantitative estimate of drug-likeness (QED) is 0.853. The second-order valence-corrected chi connectivity index (χ2v) is 3.58. The Balaban J connectivity index is 0.000000861. The third-order valence-electron chi connectivity index (χ3n) is 2.41. The zero-order valence-electron chi connectivity index (χ0n) is 11.0. The molecule has 0 radical (unpaired) electrons. The highest BCUT2D eigenvalue weighted by atomic mass is 16.4. The number of carboxylic acids is 1. The Morgan fingerprint density at radius 3 is 1.89 bits per heavy atom. The summed E-state index contributed by atoms with van der Waals surface area (Å²) >= 11 is 0. The van der Waals surface area contributed by atoms with Crippen molar-refractivity contribution in [1.82, 2.24) is 0 Å². The van der Waals surface area contributed by atoms with Crippen LogP contribution < -0.4 is 0 Å². The zero-order valence-corrected chi connectivity index (χ0v) is 11.0. The molecular formula is C16H16O3. The van der Waals surface area contributed by atoms with Crippen LogP contribution in [0.4, 0.5) is 0 Å². The molecule has 0 saturated carbocycles. The summed E-state index contributed by atoms with van der Waals surface area (Å²) in [6, 6.07) is 14.8. The maximum atomic E-state index is 12.0. The summed E-state index contributed by atoms with van der Waals surface area (Å²) in [5, 5.41) is 8.85. The third kappa shape index (κ3) is 3.78. The molecule has 2 aromatic carbocycles. The van der Waals surface area contributed by atoms with Crippen molar-refractivity contribution in [3.05, 3.63) is 71.3 Å². The largest absolute Gasteiger partial charge is 0.478 e. The van der Waals surface area contributed by atoms with E-state index in [1.54, 1.807) is 36.4 Å². The molecule has 0 aromatic heterocycles. The first kappa shape index (κ1) is 14.6. The molecule has 0 atom stereocenters. The maximum absolute atomic E-state index is 12.0. The Labute approximate surface area is 112 Å². The monoisotopic (exact) mass is 256 g/mol. The van der Waals surface area contributed by atoms with E-state index in [1.165, 1.54) is 12.1 Å². The fourth-order valence-electron chi connectivity index (χ4n) is 1.55. The van der Waals surface area contributed by atoms with Crippen molar-refractivity contribution in [1.29, 1.82) is 0 Å². The Kier molecular flexibility index (Phi) is 5.48. The van der Waals surface area contributed by atoms with Crippen molar-refractivity contribution >= 4 is 11.8 Å².